The van der Waals surface area contributed by atoms with Crippen LogP contribution in [0.25, 0.3) is 16.8 Å². The first-order valence-corrected chi connectivity index (χ1v) is 9.81. The number of hydrogen-bond acceptors (Lipinski definition) is 6. The van der Waals surface area contributed by atoms with Crippen molar-refractivity contribution in [2.45, 2.75) is 26.8 Å². The highest BCUT2D eigenvalue weighted by molar-refractivity contribution is 5.64. The number of anilines is 1. The van der Waals surface area contributed by atoms with Gasteiger partial charge in [-0.2, -0.15) is 8.91 Å². The fraction of sp³-hybridized carbons (Fsp3) is 0.227. The second-order valence-corrected chi connectivity index (χ2v) is 7.64. The molecular weight excluding hydrogens is 402 g/mol. The van der Waals surface area contributed by atoms with Crippen molar-refractivity contribution < 1.29 is 8.78 Å². The van der Waals surface area contributed by atoms with E-state index in [2.05, 4.69) is 25.0 Å². The molecule has 5 rings (SSSR count). The number of fused-ring (bicyclic) bond motifs is 2. The lowest BCUT2D eigenvalue weighted by molar-refractivity contribution is 0.562. The van der Waals surface area contributed by atoms with E-state index in [-0.39, 0.29) is 11.1 Å². The molecule has 4 aromatic rings. The maximum atomic E-state index is 14.2. The lowest BCUT2D eigenvalue weighted by atomic mass is 10.0. The smallest absolute Gasteiger partial charge is 0.274 e. The van der Waals surface area contributed by atoms with Crippen LogP contribution in [-0.4, -0.2) is 31.1 Å². The summed E-state index contributed by atoms with van der Waals surface area (Å²) in [7, 11) is 0. The van der Waals surface area contributed by atoms with Gasteiger partial charge in [0.05, 0.1) is 6.20 Å². The Labute approximate surface area is 176 Å². The highest BCUT2D eigenvalue weighted by Gasteiger charge is 2.22. The van der Waals surface area contributed by atoms with Crippen molar-refractivity contribution in [2.75, 3.05) is 11.4 Å². The molecular formula is C22H18F2N6O. The minimum Gasteiger partial charge on any atom is -0.350 e. The molecule has 31 heavy (non-hydrogen) atoms. The summed E-state index contributed by atoms with van der Waals surface area (Å²) in [5.74, 6) is -0.677. The summed E-state index contributed by atoms with van der Waals surface area (Å²) in [5.41, 5.74) is 4.21. The van der Waals surface area contributed by atoms with E-state index in [9.17, 15) is 13.6 Å². The van der Waals surface area contributed by atoms with E-state index in [4.69, 9.17) is 0 Å². The molecule has 1 aliphatic rings. The molecule has 0 N–H and O–H groups in total. The molecule has 0 aromatic carbocycles. The van der Waals surface area contributed by atoms with Crippen LogP contribution in [-0.2, 0) is 13.0 Å². The number of aromatic nitrogens is 5. The molecule has 156 valence electrons. The van der Waals surface area contributed by atoms with Gasteiger partial charge in [0, 0.05) is 60.4 Å². The number of pyridine rings is 2. The van der Waals surface area contributed by atoms with Gasteiger partial charge in [0.2, 0.25) is 5.95 Å². The molecule has 0 amide bonds. The van der Waals surface area contributed by atoms with Gasteiger partial charge in [-0.25, -0.2) is 14.4 Å². The largest absolute Gasteiger partial charge is 0.350 e. The molecule has 7 nitrogen and oxygen atoms in total. The zero-order valence-corrected chi connectivity index (χ0v) is 16.9. The third-order valence-electron chi connectivity index (χ3n) is 5.41. The third kappa shape index (κ3) is 3.41. The molecule has 0 aliphatic carbocycles. The average Bonchev–Trinajstić information content (AvgIpc) is 2.74. The van der Waals surface area contributed by atoms with Gasteiger partial charge in [0.25, 0.3) is 5.56 Å². The molecule has 0 bridgehead atoms. The monoisotopic (exact) mass is 420 g/mol. The Hall–Kier alpha value is -3.75. The summed E-state index contributed by atoms with van der Waals surface area (Å²) in [4.78, 5) is 26.6. The Morgan fingerprint density at radius 1 is 1.03 bits per heavy atom. The zero-order valence-electron chi connectivity index (χ0n) is 16.9. The van der Waals surface area contributed by atoms with E-state index < -0.39 is 11.8 Å². The number of nitrogens with zero attached hydrogens (tertiary/aromatic N) is 6. The minimum absolute atomic E-state index is 0.118. The maximum absolute atomic E-state index is 14.2. The van der Waals surface area contributed by atoms with Crippen molar-refractivity contribution in [3.8, 4) is 11.1 Å². The molecule has 0 radical (unpaired) electrons. The Balaban J connectivity index is 1.54. The Bertz CT molecular complexity index is 1400. The first kappa shape index (κ1) is 19.2. The van der Waals surface area contributed by atoms with Crippen molar-refractivity contribution in [2.24, 2.45) is 0 Å². The van der Waals surface area contributed by atoms with E-state index in [1.165, 1.54) is 10.6 Å². The van der Waals surface area contributed by atoms with Crippen LogP contribution < -0.4 is 10.5 Å². The summed E-state index contributed by atoms with van der Waals surface area (Å²) >= 11 is 0. The highest BCUT2D eigenvalue weighted by Crippen LogP contribution is 2.29. The Morgan fingerprint density at radius 3 is 2.71 bits per heavy atom. The number of halogens is 2. The van der Waals surface area contributed by atoms with Crippen molar-refractivity contribution in [3.63, 3.8) is 0 Å². The summed E-state index contributed by atoms with van der Waals surface area (Å²) in [6.07, 6.45) is 3.09. The lowest BCUT2D eigenvalue weighted by Gasteiger charge is -2.30. The van der Waals surface area contributed by atoms with Crippen molar-refractivity contribution in [1.29, 1.82) is 0 Å². The highest BCUT2D eigenvalue weighted by atomic mass is 19.1. The standard InChI is InChI=1S/C22H18F2N6O/c1-12-5-20-27-13(2)6-21(31)30(20)28-22(12)29-4-3-18-15(11-29)7-14(9-25-18)16-8-19(24)26-10-17(16)23/h5-10H,3-4,11H2,1-2H3. The minimum atomic E-state index is -0.749. The summed E-state index contributed by atoms with van der Waals surface area (Å²) in [5, 5.41) is 4.55. The molecule has 0 atom stereocenters. The topological polar surface area (TPSA) is 76.3 Å². The van der Waals surface area contributed by atoms with Crippen LogP contribution in [0.1, 0.15) is 22.5 Å². The van der Waals surface area contributed by atoms with Gasteiger partial charge in [-0.15, -0.1) is 5.10 Å². The normalized spacial score (nSPS) is 13.5. The molecule has 0 fully saturated rings. The lowest BCUT2D eigenvalue weighted by Crippen LogP contribution is -2.33. The Kier molecular flexibility index (Phi) is 4.46. The molecule has 5 heterocycles. The van der Waals surface area contributed by atoms with Gasteiger partial charge < -0.3 is 4.90 Å². The van der Waals surface area contributed by atoms with Crippen LogP contribution in [0.2, 0.25) is 0 Å². The molecule has 0 saturated heterocycles. The fourth-order valence-corrected chi connectivity index (χ4v) is 3.94. The van der Waals surface area contributed by atoms with E-state index in [1.54, 1.807) is 13.1 Å². The molecule has 4 aromatic heterocycles. The van der Waals surface area contributed by atoms with Crippen LogP contribution in [0.3, 0.4) is 0 Å². The SMILES string of the molecule is Cc1cc(=O)n2nc(N3CCc4ncc(-c5cc(F)ncc5F)cc4C3)c(C)cc2n1. The van der Waals surface area contributed by atoms with E-state index in [1.807, 2.05) is 19.1 Å². The number of aryl methyl sites for hydroxylation is 2. The van der Waals surface area contributed by atoms with Crippen molar-refractivity contribution >= 4 is 11.5 Å². The first-order valence-electron chi connectivity index (χ1n) is 9.81. The van der Waals surface area contributed by atoms with Gasteiger partial charge in [0.15, 0.2) is 11.5 Å². The summed E-state index contributed by atoms with van der Waals surface area (Å²) in [6, 6.07) is 6.18. The second kappa shape index (κ2) is 7.19. The van der Waals surface area contributed by atoms with Crippen LogP contribution in [0.4, 0.5) is 14.6 Å². The maximum Gasteiger partial charge on any atom is 0.274 e. The second-order valence-electron chi connectivity index (χ2n) is 7.64. The first-order chi connectivity index (χ1) is 14.9. The van der Waals surface area contributed by atoms with Gasteiger partial charge in [-0.1, -0.05) is 0 Å². The third-order valence-corrected chi connectivity index (χ3v) is 5.41. The molecule has 0 unspecified atom stereocenters. The van der Waals surface area contributed by atoms with E-state index in [0.29, 0.717) is 42.2 Å². The van der Waals surface area contributed by atoms with Gasteiger partial charge in [0.1, 0.15) is 5.82 Å². The molecule has 9 heteroatoms. The van der Waals surface area contributed by atoms with Gasteiger partial charge in [-0.3, -0.25) is 9.78 Å². The number of hydrogen-bond donors (Lipinski definition) is 0. The van der Waals surface area contributed by atoms with Crippen LogP contribution in [0, 0.1) is 25.6 Å². The van der Waals surface area contributed by atoms with Crippen LogP contribution in [0.15, 0.2) is 41.5 Å². The summed E-state index contributed by atoms with van der Waals surface area (Å²) < 4.78 is 29.0. The van der Waals surface area contributed by atoms with Gasteiger partial charge in [-0.05, 0) is 37.1 Å². The van der Waals surface area contributed by atoms with Crippen LogP contribution >= 0.6 is 0 Å². The predicted molar refractivity (Wildman–Crippen MR) is 111 cm³/mol. The molecule has 0 saturated carbocycles. The average molecular weight is 420 g/mol. The quantitative estimate of drug-likeness (QED) is 0.464. The van der Waals surface area contributed by atoms with Gasteiger partial charge >= 0.3 is 0 Å². The predicted octanol–water partition coefficient (Wildman–Crippen LogP) is 3.00. The van der Waals surface area contributed by atoms with Crippen LogP contribution in [0.5, 0.6) is 0 Å². The van der Waals surface area contributed by atoms with Crippen molar-refractivity contribution in [1.82, 2.24) is 24.6 Å². The molecule has 0 spiro atoms. The van der Waals surface area contributed by atoms with E-state index >= 15 is 0 Å². The summed E-state index contributed by atoms with van der Waals surface area (Å²) in [6.45, 7) is 4.86. The Morgan fingerprint density at radius 2 is 1.87 bits per heavy atom. The number of rotatable bonds is 2. The van der Waals surface area contributed by atoms with E-state index in [0.717, 1.165) is 29.1 Å². The molecule has 1 aliphatic heterocycles. The van der Waals surface area contributed by atoms with Crippen molar-refractivity contribution in [3.05, 3.63) is 81.3 Å². The zero-order chi connectivity index (χ0) is 21.7. The fourth-order valence-electron chi connectivity index (χ4n) is 3.94.